The molecular formula is C19H17N5O8S. The number of carbonyl (C=O) groups is 1. The molecule has 2 aromatic carbocycles. The van der Waals surface area contributed by atoms with Gasteiger partial charge in [0.1, 0.15) is 22.2 Å². The second-order valence-corrected chi connectivity index (χ2v) is 8.28. The number of rotatable bonds is 6. The van der Waals surface area contributed by atoms with Crippen molar-refractivity contribution in [2.45, 2.75) is 4.90 Å². The lowest BCUT2D eigenvalue weighted by Crippen LogP contribution is -2.40. The molecule has 3 N–H and O–H groups in total. The molecule has 1 heterocycles. The molecule has 172 valence electrons. The van der Waals surface area contributed by atoms with E-state index in [2.05, 4.69) is 5.32 Å². The predicted molar refractivity (Wildman–Crippen MR) is 117 cm³/mol. The maximum absolute atomic E-state index is 12.5. The van der Waals surface area contributed by atoms with Gasteiger partial charge in [-0.25, -0.2) is 4.79 Å². The zero-order valence-electron chi connectivity index (χ0n) is 17.2. The zero-order valence-corrected chi connectivity index (χ0v) is 18.0. The molecule has 0 aliphatic rings. The quantitative estimate of drug-likeness (QED) is 0.292. The van der Waals surface area contributed by atoms with Gasteiger partial charge in [0.05, 0.1) is 4.92 Å². The van der Waals surface area contributed by atoms with E-state index in [9.17, 15) is 32.9 Å². The van der Waals surface area contributed by atoms with E-state index >= 15 is 0 Å². The van der Waals surface area contributed by atoms with E-state index in [4.69, 9.17) is 9.92 Å². The van der Waals surface area contributed by atoms with Crippen LogP contribution in [0.2, 0.25) is 0 Å². The van der Waals surface area contributed by atoms with Gasteiger partial charge in [0, 0.05) is 31.8 Å². The number of hydrogen-bond acceptors (Lipinski definition) is 9. The van der Waals surface area contributed by atoms with Gasteiger partial charge < -0.3 is 15.2 Å². The molecular weight excluding hydrogens is 458 g/mol. The molecule has 0 fully saturated rings. The molecule has 0 aliphatic heterocycles. The lowest BCUT2D eigenvalue weighted by atomic mass is 10.2. The normalized spacial score (nSPS) is 11.1. The summed E-state index contributed by atoms with van der Waals surface area (Å²) < 4.78 is 31.6. The number of nitrogens with one attached hydrogen (secondary N) is 1. The lowest BCUT2D eigenvalue weighted by Gasteiger charge is -2.12. The van der Waals surface area contributed by atoms with Gasteiger partial charge in [-0.15, -0.1) is 0 Å². The topological polar surface area (TPSA) is 186 Å². The largest absolute Gasteiger partial charge is 0.383 e. The smallest absolute Gasteiger partial charge is 0.339 e. The fourth-order valence-corrected chi connectivity index (χ4v) is 3.66. The zero-order chi connectivity index (χ0) is 24.5. The number of nitro benzene ring substituents is 1. The number of aromatic nitrogens is 2. The van der Waals surface area contributed by atoms with E-state index in [1.807, 2.05) is 0 Å². The summed E-state index contributed by atoms with van der Waals surface area (Å²) >= 11 is 0. The number of carbonyl (C=O) groups excluding carboxylic acids is 1. The molecule has 13 nitrogen and oxygen atoms in total. The summed E-state index contributed by atoms with van der Waals surface area (Å²) in [5, 5.41) is 13.0. The highest BCUT2D eigenvalue weighted by Gasteiger charge is 2.20. The van der Waals surface area contributed by atoms with Crippen LogP contribution in [0.15, 0.2) is 63.0 Å². The molecule has 3 aromatic rings. The van der Waals surface area contributed by atoms with Crippen LogP contribution >= 0.6 is 0 Å². The third kappa shape index (κ3) is 4.59. The van der Waals surface area contributed by atoms with Crippen LogP contribution in [0.4, 0.5) is 17.2 Å². The molecule has 0 unspecified atom stereocenters. The molecule has 0 radical (unpaired) electrons. The average Bonchev–Trinajstić information content (AvgIpc) is 2.79. The van der Waals surface area contributed by atoms with Gasteiger partial charge in [-0.05, 0) is 36.4 Å². The predicted octanol–water partition coefficient (Wildman–Crippen LogP) is 0.594. The Labute approximate surface area is 185 Å². The van der Waals surface area contributed by atoms with Crippen molar-refractivity contribution in [3.8, 4) is 5.75 Å². The number of nitrogens with zero attached hydrogens (tertiary/aromatic N) is 3. The second kappa shape index (κ2) is 8.58. The van der Waals surface area contributed by atoms with Crippen LogP contribution in [0.25, 0.3) is 0 Å². The summed E-state index contributed by atoms with van der Waals surface area (Å²) in [6.45, 7) is 0. The summed E-state index contributed by atoms with van der Waals surface area (Å²) in [6, 6.07) is 9.04. The first-order valence-electron chi connectivity index (χ1n) is 9.08. The third-order valence-electron chi connectivity index (χ3n) is 4.61. The number of hydrogen-bond donors (Lipinski definition) is 2. The first-order valence-corrected chi connectivity index (χ1v) is 10.5. The molecule has 0 bridgehead atoms. The fraction of sp³-hybridized carbons (Fsp3) is 0.105. The van der Waals surface area contributed by atoms with Crippen LogP contribution in [-0.4, -0.2) is 28.4 Å². The molecule has 0 aliphatic carbocycles. The van der Waals surface area contributed by atoms with Gasteiger partial charge in [-0.2, -0.15) is 8.42 Å². The number of amides is 1. The van der Waals surface area contributed by atoms with Gasteiger partial charge in [0.25, 0.3) is 17.2 Å². The molecule has 1 amide bonds. The highest BCUT2D eigenvalue weighted by molar-refractivity contribution is 7.87. The van der Waals surface area contributed by atoms with Gasteiger partial charge >= 0.3 is 15.8 Å². The van der Waals surface area contributed by atoms with Crippen LogP contribution < -0.4 is 26.5 Å². The van der Waals surface area contributed by atoms with Crippen LogP contribution in [0.3, 0.4) is 0 Å². The monoisotopic (exact) mass is 475 g/mol. The van der Waals surface area contributed by atoms with Crippen molar-refractivity contribution in [3.63, 3.8) is 0 Å². The van der Waals surface area contributed by atoms with Crippen molar-refractivity contribution >= 4 is 33.2 Å². The highest BCUT2D eigenvalue weighted by Crippen LogP contribution is 2.22. The van der Waals surface area contributed by atoms with E-state index in [0.717, 1.165) is 45.5 Å². The first-order chi connectivity index (χ1) is 15.4. The molecule has 3 rings (SSSR count). The second-order valence-electron chi connectivity index (χ2n) is 6.73. The van der Waals surface area contributed by atoms with E-state index in [1.165, 1.54) is 26.2 Å². The Morgan fingerprint density at radius 3 is 2.15 bits per heavy atom. The number of nitrogen functional groups attached to an aromatic ring is 1. The third-order valence-corrected chi connectivity index (χ3v) is 5.87. The summed E-state index contributed by atoms with van der Waals surface area (Å²) in [5.41, 5.74) is 3.75. The Morgan fingerprint density at radius 1 is 1.03 bits per heavy atom. The van der Waals surface area contributed by atoms with Crippen LogP contribution in [-0.2, 0) is 24.2 Å². The number of non-ortho nitro benzene ring substituents is 1. The number of anilines is 2. The van der Waals surface area contributed by atoms with Crippen molar-refractivity contribution in [2.24, 2.45) is 14.1 Å². The Morgan fingerprint density at radius 2 is 1.61 bits per heavy atom. The molecule has 0 saturated carbocycles. The average molecular weight is 475 g/mol. The van der Waals surface area contributed by atoms with Gasteiger partial charge in [0.2, 0.25) is 0 Å². The fourth-order valence-electron chi connectivity index (χ4n) is 2.73. The number of nitrogens with two attached hydrogens (primary N) is 1. The maximum Gasteiger partial charge on any atom is 0.339 e. The maximum atomic E-state index is 12.5. The number of nitro groups is 1. The Balaban J connectivity index is 1.81. The first kappa shape index (κ1) is 23.2. The summed E-state index contributed by atoms with van der Waals surface area (Å²) in [6.07, 6.45) is 0. The van der Waals surface area contributed by atoms with Crippen LogP contribution in [0.1, 0.15) is 10.4 Å². The SMILES string of the molecule is Cn1c(N)c(NC(=O)c2ccc(S(=O)(=O)Oc3ccc([N+](=O)[O-])cc3)cc2)c(=O)n(C)c1=O. The van der Waals surface area contributed by atoms with Gasteiger partial charge in [-0.1, -0.05) is 0 Å². The molecule has 0 spiro atoms. The van der Waals surface area contributed by atoms with Crippen LogP contribution in [0.5, 0.6) is 5.75 Å². The van der Waals surface area contributed by atoms with Crippen molar-refractivity contribution in [3.05, 3.63) is 85.0 Å². The molecule has 14 heteroatoms. The Kier molecular flexibility index (Phi) is 6.04. The van der Waals surface area contributed by atoms with Crippen molar-refractivity contribution in [1.82, 2.24) is 9.13 Å². The van der Waals surface area contributed by atoms with E-state index in [0.29, 0.717) is 0 Å². The molecule has 1 aromatic heterocycles. The van der Waals surface area contributed by atoms with Crippen molar-refractivity contribution in [2.75, 3.05) is 11.1 Å². The van der Waals surface area contributed by atoms with E-state index < -0.39 is 32.2 Å². The Bertz CT molecular complexity index is 1470. The summed E-state index contributed by atoms with van der Waals surface area (Å²) in [7, 11) is -1.73. The molecule has 0 saturated heterocycles. The molecule has 0 atom stereocenters. The summed E-state index contributed by atoms with van der Waals surface area (Å²) in [5.74, 6) is -1.15. The minimum Gasteiger partial charge on any atom is -0.383 e. The van der Waals surface area contributed by atoms with Crippen molar-refractivity contribution < 1.29 is 22.3 Å². The van der Waals surface area contributed by atoms with Gasteiger partial charge in [-0.3, -0.25) is 28.8 Å². The molecule has 33 heavy (non-hydrogen) atoms. The van der Waals surface area contributed by atoms with E-state index in [-0.39, 0.29) is 33.4 Å². The minimum absolute atomic E-state index is 0.000378. The standard InChI is InChI=1S/C19H17N5O8S/c1-22-16(20)15(18(26)23(2)19(22)27)21-17(25)11-3-9-14(10-4-11)33(30,31)32-13-7-5-12(6-8-13)24(28)29/h3-10H,20H2,1-2H3,(H,21,25). The van der Waals surface area contributed by atoms with Gasteiger partial charge in [0.15, 0.2) is 0 Å². The minimum atomic E-state index is -4.29. The Hall–Kier alpha value is -4.46. The lowest BCUT2D eigenvalue weighted by molar-refractivity contribution is -0.384. The van der Waals surface area contributed by atoms with E-state index in [1.54, 1.807) is 0 Å². The highest BCUT2D eigenvalue weighted by atomic mass is 32.2. The van der Waals surface area contributed by atoms with Crippen LogP contribution in [0, 0.1) is 10.1 Å². The summed E-state index contributed by atoms with van der Waals surface area (Å²) in [4.78, 5) is 46.4. The number of benzene rings is 2. The van der Waals surface area contributed by atoms with Crippen molar-refractivity contribution in [1.29, 1.82) is 0 Å².